The van der Waals surface area contributed by atoms with Gasteiger partial charge in [0.25, 0.3) is 0 Å². The molecular formula is C66H73N3S4. The van der Waals surface area contributed by atoms with Gasteiger partial charge in [-0.2, -0.15) is 10.5 Å². The molecule has 1 unspecified atom stereocenters. The van der Waals surface area contributed by atoms with Gasteiger partial charge in [0.15, 0.2) is 0 Å². The Balaban J connectivity index is 1.10. The number of thiophene rings is 4. The minimum atomic E-state index is 0.718. The highest BCUT2D eigenvalue weighted by molar-refractivity contribution is 7.17. The monoisotopic (exact) mass is 1040 g/mol. The average Bonchev–Trinajstić information content (AvgIpc) is 4.25. The number of nitrogens with zero attached hydrogens (tertiary/aromatic N) is 3. The normalized spacial score (nSPS) is 12.5. The highest BCUT2D eigenvalue weighted by atomic mass is 32.1. The molecule has 0 aliphatic carbocycles. The molecular weight excluding hydrogens is 963 g/mol. The van der Waals surface area contributed by atoms with Gasteiger partial charge in [-0.25, -0.2) is 0 Å². The number of anilines is 3. The van der Waals surface area contributed by atoms with E-state index in [0.29, 0.717) is 0 Å². The van der Waals surface area contributed by atoms with Crippen LogP contribution in [0.15, 0.2) is 120 Å². The molecule has 4 heterocycles. The van der Waals surface area contributed by atoms with Crippen LogP contribution in [0.2, 0.25) is 0 Å². The first-order chi connectivity index (χ1) is 35.7. The standard InChI is InChI=1S/C66H73N3S4/c1-7-11-14-16-19-54-44-61(72-65(54)41-48(5)46-67)35-33-59-37-39-63(70-59)52-23-29-57(30-24-52)69(56-27-21-51(22-28-56)43-50(10-4)18-13-9-3)58-31-25-53(26-32-58)64-40-38-60(71-64)34-36-62-45-55(20-17-15-12-8-2)66(73-62)42-49(6)47-68/h21-42,44-45,50H,7-20,43H2,1-6H3/b35-33+,36-34+,48-41-,49-42-. The van der Waals surface area contributed by atoms with Crippen LogP contribution in [0.5, 0.6) is 0 Å². The van der Waals surface area contributed by atoms with E-state index in [1.54, 1.807) is 22.7 Å². The van der Waals surface area contributed by atoms with Gasteiger partial charge in [0, 0.05) is 67.2 Å². The topological polar surface area (TPSA) is 50.8 Å². The molecule has 7 heteroatoms. The number of rotatable bonds is 27. The summed E-state index contributed by atoms with van der Waals surface area (Å²) in [6.45, 7) is 12.9. The predicted molar refractivity (Wildman–Crippen MR) is 325 cm³/mol. The minimum Gasteiger partial charge on any atom is -0.311 e. The van der Waals surface area contributed by atoms with E-state index in [-0.39, 0.29) is 0 Å². The quantitative estimate of drug-likeness (QED) is 0.0381. The number of benzene rings is 3. The first-order valence-electron chi connectivity index (χ1n) is 26.8. The van der Waals surface area contributed by atoms with Crippen LogP contribution in [0.4, 0.5) is 17.1 Å². The van der Waals surface area contributed by atoms with Crippen LogP contribution in [-0.4, -0.2) is 0 Å². The van der Waals surface area contributed by atoms with Gasteiger partial charge in [0.2, 0.25) is 0 Å². The highest BCUT2D eigenvalue weighted by Gasteiger charge is 2.16. The van der Waals surface area contributed by atoms with Crippen LogP contribution < -0.4 is 4.90 Å². The number of aryl methyl sites for hydroxylation is 2. The number of hydrogen-bond acceptors (Lipinski definition) is 7. The molecule has 73 heavy (non-hydrogen) atoms. The van der Waals surface area contributed by atoms with Gasteiger partial charge in [-0.05, 0) is 189 Å². The Hall–Kier alpha value is -5.80. The molecule has 3 nitrogen and oxygen atoms in total. The van der Waals surface area contributed by atoms with Gasteiger partial charge < -0.3 is 4.90 Å². The summed E-state index contributed by atoms with van der Waals surface area (Å²) in [5.74, 6) is 0.718. The maximum absolute atomic E-state index is 9.49. The second-order valence-corrected chi connectivity index (χ2v) is 23.8. The van der Waals surface area contributed by atoms with Crippen LogP contribution in [0.3, 0.4) is 0 Å². The third-order valence-electron chi connectivity index (χ3n) is 13.5. The van der Waals surface area contributed by atoms with E-state index in [4.69, 9.17) is 0 Å². The molecule has 0 spiro atoms. The van der Waals surface area contributed by atoms with Gasteiger partial charge in [-0.1, -0.05) is 128 Å². The lowest BCUT2D eigenvalue weighted by molar-refractivity contribution is 0.449. The van der Waals surface area contributed by atoms with E-state index in [9.17, 15) is 10.5 Å². The van der Waals surface area contributed by atoms with Gasteiger partial charge in [0.1, 0.15) is 0 Å². The Labute approximate surface area is 454 Å². The molecule has 0 bridgehead atoms. The molecule has 7 rings (SSSR count). The first kappa shape index (κ1) is 55.0. The third kappa shape index (κ3) is 16.1. The zero-order valence-corrected chi connectivity index (χ0v) is 47.3. The lowest BCUT2D eigenvalue weighted by Gasteiger charge is -2.26. The van der Waals surface area contributed by atoms with Crippen LogP contribution in [0, 0.1) is 28.6 Å². The first-order valence-corrected chi connectivity index (χ1v) is 30.0. The highest BCUT2D eigenvalue weighted by Crippen LogP contribution is 2.40. The molecule has 0 aliphatic rings. The summed E-state index contributed by atoms with van der Waals surface area (Å²) < 4.78 is 0. The van der Waals surface area contributed by atoms with Gasteiger partial charge in [-0.3, -0.25) is 0 Å². The molecule has 3 aromatic carbocycles. The van der Waals surface area contributed by atoms with Crippen molar-refractivity contribution in [2.75, 3.05) is 4.90 Å². The van der Waals surface area contributed by atoms with Crippen molar-refractivity contribution in [3.8, 4) is 33.0 Å². The molecule has 4 aromatic heterocycles. The Kier molecular flexibility index (Phi) is 21.5. The number of hydrogen-bond donors (Lipinski definition) is 0. The van der Waals surface area contributed by atoms with Crippen molar-refractivity contribution in [2.24, 2.45) is 5.92 Å². The lowest BCUT2D eigenvalue weighted by atomic mass is 9.92. The van der Waals surface area contributed by atoms with Crippen LogP contribution >= 0.6 is 45.3 Å². The summed E-state index contributed by atoms with van der Waals surface area (Å²) >= 11 is 7.19. The van der Waals surface area contributed by atoms with Crippen molar-refractivity contribution in [3.05, 3.63) is 166 Å². The Bertz CT molecular complexity index is 2850. The van der Waals surface area contributed by atoms with E-state index in [0.717, 1.165) is 53.4 Å². The Morgan fingerprint density at radius 3 is 1.33 bits per heavy atom. The molecule has 0 fully saturated rings. The van der Waals surface area contributed by atoms with E-state index in [2.05, 4.69) is 190 Å². The maximum Gasteiger partial charge on any atom is 0.0944 e. The molecule has 376 valence electrons. The van der Waals surface area contributed by atoms with Crippen molar-refractivity contribution in [1.82, 2.24) is 0 Å². The summed E-state index contributed by atoms with van der Waals surface area (Å²) in [6, 6.07) is 45.6. The van der Waals surface area contributed by atoms with Gasteiger partial charge in [0.05, 0.1) is 12.1 Å². The van der Waals surface area contributed by atoms with Gasteiger partial charge in [-0.15, -0.1) is 45.3 Å². The predicted octanol–water partition coefficient (Wildman–Crippen LogP) is 21.9. The summed E-state index contributed by atoms with van der Waals surface area (Å²) in [4.78, 5) is 12.2. The fourth-order valence-electron chi connectivity index (χ4n) is 9.25. The smallest absolute Gasteiger partial charge is 0.0944 e. The largest absolute Gasteiger partial charge is 0.311 e. The number of allylic oxidation sites excluding steroid dienone is 2. The SMILES string of the molecule is CCCCCCc1cc(/C=C/c2ccc(-c3ccc(N(c4ccc(CC(CC)CCCC)cc4)c4ccc(-c5ccc(/C=C/c6cc(CCCCCC)c(/C=C(/C)C#N)s6)s5)cc4)cc3)s2)sc1/C=C(/C)C#N. The fraction of sp³-hybridized carbons (Fsp3) is 0.333. The Morgan fingerprint density at radius 1 is 0.493 bits per heavy atom. The zero-order valence-electron chi connectivity index (χ0n) is 44.0. The molecule has 0 radical (unpaired) electrons. The summed E-state index contributed by atoms with van der Waals surface area (Å²) in [7, 11) is 0. The van der Waals surface area contributed by atoms with Crippen molar-refractivity contribution in [3.63, 3.8) is 0 Å². The molecule has 1 atom stereocenters. The second kappa shape index (κ2) is 28.6. The van der Waals surface area contributed by atoms with Gasteiger partial charge >= 0.3 is 0 Å². The van der Waals surface area contributed by atoms with Crippen LogP contribution in [0.25, 0.3) is 57.3 Å². The van der Waals surface area contributed by atoms with E-state index < -0.39 is 0 Å². The average molecular weight is 1040 g/mol. The van der Waals surface area contributed by atoms with Crippen LogP contribution in [0.1, 0.15) is 165 Å². The Morgan fingerprint density at radius 2 is 0.918 bits per heavy atom. The fourth-order valence-corrected chi connectivity index (χ4v) is 13.3. The molecule has 0 N–H and O–H groups in total. The van der Waals surface area contributed by atoms with E-state index in [1.807, 2.05) is 36.5 Å². The molecule has 0 saturated carbocycles. The third-order valence-corrected chi connectivity index (χ3v) is 17.9. The molecule has 7 aromatic rings. The van der Waals surface area contributed by atoms with Crippen LogP contribution in [-0.2, 0) is 19.3 Å². The summed E-state index contributed by atoms with van der Waals surface area (Å²) in [6.07, 6.45) is 31.2. The summed E-state index contributed by atoms with van der Waals surface area (Å²) in [5, 5.41) is 19.0. The van der Waals surface area contributed by atoms with E-state index in [1.165, 1.54) is 144 Å². The van der Waals surface area contributed by atoms with Crippen molar-refractivity contribution in [1.29, 1.82) is 10.5 Å². The summed E-state index contributed by atoms with van der Waals surface area (Å²) in [5.41, 5.74) is 11.4. The van der Waals surface area contributed by atoms with Crippen molar-refractivity contribution in [2.45, 2.75) is 138 Å². The molecule has 0 amide bonds. The van der Waals surface area contributed by atoms with Crippen molar-refractivity contribution < 1.29 is 0 Å². The lowest BCUT2D eigenvalue weighted by Crippen LogP contribution is -2.10. The van der Waals surface area contributed by atoms with E-state index >= 15 is 0 Å². The maximum atomic E-state index is 9.49. The number of unbranched alkanes of at least 4 members (excludes halogenated alkanes) is 7. The van der Waals surface area contributed by atoms with Crippen molar-refractivity contribution >= 4 is 98.9 Å². The molecule has 0 aliphatic heterocycles. The zero-order chi connectivity index (χ0) is 51.4. The minimum absolute atomic E-state index is 0.718. The number of nitriles is 2. The molecule has 0 saturated heterocycles. The second-order valence-electron chi connectivity index (χ2n) is 19.4.